The van der Waals surface area contributed by atoms with Crippen LogP contribution in [0.3, 0.4) is 0 Å². The fourth-order valence-corrected chi connectivity index (χ4v) is 3.46. The van der Waals surface area contributed by atoms with Crippen molar-refractivity contribution in [2.45, 2.75) is 24.3 Å². The first-order valence-corrected chi connectivity index (χ1v) is 9.27. The van der Waals surface area contributed by atoms with E-state index in [2.05, 4.69) is 5.32 Å². The highest BCUT2D eigenvalue weighted by Crippen LogP contribution is 2.13. The number of amides is 1. The molecule has 6 heteroatoms. The number of rotatable bonds is 5. The van der Waals surface area contributed by atoms with Gasteiger partial charge in [-0.2, -0.15) is 0 Å². The summed E-state index contributed by atoms with van der Waals surface area (Å²) in [5, 5.41) is 4.89. The molecule has 0 aliphatic rings. The monoisotopic (exact) mass is 323 g/mol. The van der Waals surface area contributed by atoms with E-state index in [0.717, 1.165) is 12.7 Å². The number of carbonyl (C=O) groups is 1. The van der Waals surface area contributed by atoms with E-state index in [1.54, 1.807) is 23.5 Å². The van der Waals surface area contributed by atoms with Gasteiger partial charge >= 0.3 is 0 Å². The van der Waals surface area contributed by atoms with Gasteiger partial charge in [-0.3, -0.25) is 4.79 Å². The zero-order chi connectivity index (χ0) is 15.5. The maximum Gasteiger partial charge on any atom is 0.251 e. The van der Waals surface area contributed by atoms with Crippen LogP contribution in [0.2, 0.25) is 0 Å². The van der Waals surface area contributed by atoms with Crippen molar-refractivity contribution in [1.82, 2.24) is 5.32 Å². The molecule has 0 fully saturated rings. The molecule has 0 radical (unpaired) electrons. The van der Waals surface area contributed by atoms with Gasteiger partial charge in [0.05, 0.1) is 4.90 Å². The van der Waals surface area contributed by atoms with Gasteiger partial charge < -0.3 is 5.32 Å². The van der Waals surface area contributed by atoms with Crippen LogP contribution in [0.15, 0.2) is 46.7 Å². The highest BCUT2D eigenvalue weighted by molar-refractivity contribution is 7.90. The zero-order valence-electron chi connectivity index (χ0n) is 11.9. The fraction of sp³-hybridized carbons (Fsp3) is 0.267. The van der Waals surface area contributed by atoms with Crippen LogP contribution in [0, 0.1) is 0 Å². The van der Waals surface area contributed by atoms with E-state index in [9.17, 15) is 13.2 Å². The quantitative estimate of drug-likeness (QED) is 0.919. The maximum atomic E-state index is 12.2. The molecule has 4 nitrogen and oxygen atoms in total. The van der Waals surface area contributed by atoms with Crippen LogP contribution >= 0.6 is 11.3 Å². The second-order valence-corrected chi connectivity index (χ2v) is 8.01. The Morgan fingerprint density at radius 2 is 2.05 bits per heavy atom. The molecule has 1 aromatic carbocycles. The fourth-order valence-electron chi connectivity index (χ4n) is 1.96. The van der Waals surface area contributed by atoms with Crippen molar-refractivity contribution in [3.63, 3.8) is 0 Å². The third kappa shape index (κ3) is 4.41. The first kappa shape index (κ1) is 15.7. The second-order valence-electron chi connectivity index (χ2n) is 4.96. The van der Waals surface area contributed by atoms with E-state index in [4.69, 9.17) is 0 Å². The third-order valence-electron chi connectivity index (χ3n) is 2.99. The average molecular weight is 323 g/mol. The zero-order valence-corrected chi connectivity index (χ0v) is 13.5. The predicted octanol–water partition coefficient (Wildman–Crippen LogP) is 2.51. The van der Waals surface area contributed by atoms with Gasteiger partial charge in [-0.15, -0.1) is 11.3 Å². The van der Waals surface area contributed by atoms with E-state index in [-0.39, 0.29) is 16.8 Å². The summed E-state index contributed by atoms with van der Waals surface area (Å²) >= 11 is 1.65. The number of carbonyl (C=O) groups excluding carboxylic acids is 1. The van der Waals surface area contributed by atoms with Crippen molar-refractivity contribution < 1.29 is 13.2 Å². The van der Waals surface area contributed by atoms with Crippen LogP contribution in [0.4, 0.5) is 0 Å². The Balaban J connectivity index is 2.06. The van der Waals surface area contributed by atoms with Crippen molar-refractivity contribution in [3.8, 4) is 0 Å². The smallest absolute Gasteiger partial charge is 0.251 e. The summed E-state index contributed by atoms with van der Waals surface area (Å²) in [6, 6.07) is 10.1. The van der Waals surface area contributed by atoms with Gasteiger partial charge in [-0.05, 0) is 36.6 Å². The highest BCUT2D eigenvalue weighted by atomic mass is 32.2. The van der Waals surface area contributed by atoms with Gasteiger partial charge in [0, 0.05) is 29.2 Å². The molecule has 1 heterocycles. The Bertz CT molecular complexity index is 721. The van der Waals surface area contributed by atoms with Crippen LogP contribution in [0.5, 0.6) is 0 Å². The summed E-state index contributed by atoms with van der Waals surface area (Å²) in [6.07, 6.45) is 1.89. The van der Waals surface area contributed by atoms with E-state index in [1.807, 2.05) is 24.4 Å². The molecular formula is C15H17NO3S2. The first-order valence-electron chi connectivity index (χ1n) is 6.49. The maximum absolute atomic E-state index is 12.2. The predicted molar refractivity (Wildman–Crippen MR) is 84.5 cm³/mol. The minimum absolute atomic E-state index is 0.0157. The lowest BCUT2D eigenvalue weighted by atomic mass is 10.1. The summed E-state index contributed by atoms with van der Waals surface area (Å²) in [5.74, 6) is -0.260. The van der Waals surface area contributed by atoms with Gasteiger partial charge in [0.1, 0.15) is 0 Å². The van der Waals surface area contributed by atoms with Crippen LogP contribution < -0.4 is 5.32 Å². The molecule has 0 aliphatic carbocycles. The summed E-state index contributed by atoms with van der Waals surface area (Å²) in [5.41, 5.74) is 0.357. The third-order valence-corrected chi connectivity index (χ3v) is 5.00. The van der Waals surface area contributed by atoms with Crippen LogP contribution in [0.1, 0.15) is 22.2 Å². The molecule has 1 aromatic heterocycles. The Hall–Kier alpha value is -1.66. The first-order chi connectivity index (χ1) is 9.86. The summed E-state index contributed by atoms with van der Waals surface area (Å²) in [6.45, 7) is 1.93. The summed E-state index contributed by atoms with van der Waals surface area (Å²) < 4.78 is 23.0. The van der Waals surface area contributed by atoms with Crippen molar-refractivity contribution in [1.29, 1.82) is 0 Å². The van der Waals surface area contributed by atoms with Gasteiger partial charge in [0.15, 0.2) is 9.84 Å². The molecule has 0 bridgehead atoms. The lowest BCUT2D eigenvalue weighted by Crippen LogP contribution is -2.33. The molecule has 112 valence electrons. The van der Waals surface area contributed by atoms with E-state index in [1.165, 1.54) is 17.0 Å². The molecule has 1 N–H and O–H groups in total. The number of sulfone groups is 1. The topological polar surface area (TPSA) is 63.2 Å². The van der Waals surface area contributed by atoms with Crippen LogP contribution in [-0.4, -0.2) is 26.6 Å². The Kier molecular flexibility index (Phi) is 4.80. The number of nitrogens with one attached hydrogen (secondary N) is 1. The molecule has 0 aliphatic heterocycles. The van der Waals surface area contributed by atoms with Gasteiger partial charge in [0.2, 0.25) is 0 Å². The van der Waals surface area contributed by atoms with Crippen molar-refractivity contribution >= 4 is 27.1 Å². The number of benzene rings is 1. The minimum Gasteiger partial charge on any atom is -0.349 e. The molecular weight excluding hydrogens is 306 g/mol. The van der Waals surface area contributed by atoms with Gasteiger partial charge in [0.25, 0.3) is 5.91 Å². The Labute approximate surface area is 128 Å². The molecule has 2 aromatic rings. The van der Waals surface area contributed by atoms with Gasteiger partial charge in [-0.25, -0.2) is 8.42 Å². The molecule has 1 amide bonds. The van der Waals surface area contributed by atoms with Crippen LogP contribution in [0.25, 0.3) is 0 Å². The number of hydrogen-bond donors (Lipinski definition) is 1. The van der Waals surface area contributed by atoms with Crippen molar-refractivity contribution in [2.75, 3.05) is 6.26 Å². The normalized spacial score (nSPS) is 12.9. The largest absolute Gasteiger partial charge is 0.349 e. The molecule has 1 atom stereocenters. The highest BCUT2D eigenvalue weighted by Gasteiger charge is 2.14. The summed E-state index contributed by atoms with van der Waals surface area (Å²) in [7, 11) is -3.31. The molecule has 21 heavy (non-hydrogen) atoms. The van der Waals surface area contributed by atoms with Gasteiger partial charge in [-0.1, -0.05) is 12.1 Å². The Morgan fingerprint density at radius 1 is 1.29 bits per heavy atom. The van der Waals surface area contributed by atoms with Crippen molar-refractivity contribution in [3.05, 3.63) is 52.2 Å². The second kappa shape index (κ2) is 6.41. The van der Waals surface area contributed by atoms with Crippen LogP contribution in [-0.2, 0) is 16.3 Å². The number of hydrogen-bond acceptors (Lipinski definition) is 4. The molecule has 0 unspecified atom stereocenters. The molecule has 2 rings (SSSR count). The molecule has 0 saturated heterocycles. The molecule has 0 spiro atoms. The van der Waals surface area contributed by atoms with E-state index >= 15 is 0 Å². The Morgan fingerprint density at radius 3 is 2.67 bits per heavy atom. The summed E-state index contributed by atoms with van der Waals surface area (Å²) in [4.78, 5) is 13.5. The lowest BCUT2D eigenvalue weighted by molar-refractivity contribution is 0.0940. The van der Waals surface area contributed by atoms with E-state index in [0.29, 0.717) is 5.56 Å². The SMILES string of the molecule is C[C@@H](Cc1cccs1)NC(=O)c1cccc(S(C)(=O)=O)c1. The lowest BCUT2D eigenvalue weighted by Gasteiger charge is -2.13. The average Bonchev–Trinajstić information content (AvgIpc) is 2.90. The molecule has 0 saturated carbocycles. The van der Waals surface area contributed by atoms with E-state index < -0.39 is 9.84 Å². The van der Waals surface area contributed by atoms with Crippen molar-refractivity contribution in [2.24, 2.45) is 0 Å². The standard InChI is InChI=1S/C15H17NO3S2/c1-11(9-13-6-4-8-20-13)16-15(17)12-5-3-7-14(10-12)21(2,18)19/h3-8,10-11H,9H2,1-2H3,(H,16,17)/t11-/m0/s1. The number of thiophene rings is 1. The minimum atomic E-state index is -3.31.